The molecule has 2 unspecified atom stereocenters. The predicted octanol–water partition coefficient (Wildman–Crippen LogP) is 2.35. The summed E-state index contributed by atoms with van der Waals surface area (Å²) in [5.74, 6) is -1.06. The molecule has 0 aliphatic rings. The molecule has 0 radical (unpaired) electrons. The molecular formula is C14H24N4O3. The predicted molar refractivity (Wildman–Crippen MR) is 80.4 cm³/mol. The Bertz CT molecular complexity index is 512. The number of rotatable bonds is 6. The van der Waals surface area contributed by atoms with Crippen molar-refractivity contribution in [2.75, 3.05) is 18.9 Å². The highest BCUT2D eigenvalue weighted by Crippen LogP contribution is 2.16. The number of carboxylic acids is 1. The maximum absolute atomic E-state index is 12.0. The molecule has 1 heterocycles. The number of amides is 2. The largest absolute Gasteiger partial charge is 0.481 e. The first-order valence-electron chi connectivity index (χ1n) is 7.07. The second-order valence-corrected chi connectivity index (χ2v) is 5.42. The van der Waals surface area contributed by atoms with Gasteiger partial charge < -0.3 is 10.0 Å². The van der Waals surface area contributed by atoms with E-state index in [0.29, 0.717) is 5.82 Å². The van der Waals surface area contributed by atoms with Crippen molar-refractivity contribution in [3.63, 3.8) is 0 Å². The molecule has 7 heteroatoms. The highest BCUT2D eigenvalue weighted by Gasteiger charge is 2.18. The van der Waals surface area contributed by atoms with Crippen molar-refractivity contribution in [1.29, 1.82) is 0 Å². The molecule has 0 aliphatic heterocycles. The van der Waals surface area contributed by atoms with Crippen LogP contribution in [0.1, 0.15) is 38.9 Å². The van der Waals surface area contributed by atoms with E-state index >= 15 is 0 Å². The Morgan fingerprint density at radius 3 is 2.62 bits per heavy atom. The number of nitrogens with one attached hydrogen (secondary N) is 1. The summed E-state index contributed by atoms with van der Waals surface area (Å²) in [7, 11) is 1.56. The number of anilines is 1. The SMILES string of the molecule is CCC(C)n1nc(NC(=O)N(C)CC(C)C(=O)O)cc1C. The van der Waals surface area contributed by atoms with E-state index < -0.39 is 11.9 Å². The molecule has 0 aromatic carbocycles. The molecule has 2 amide bonds. The van der Waals surface area contributed by atoms with Crippen LogP contribution in [0.5, 0.6) is 0 Å². The smallest absolute Gasteiger partial charge is 0.322 e. The standard InChI is InChI=1S/C14H24N4O3/c1-6-10(3)18-11(4)7-12(16-18)15-14(21)17(5)8-9(2)13(19)20/h7,9-10H,6,8H2,1-5H3,(H,19,20)(H,15,16,21). The number of aromatic nitrogens is 2. The van der Waals surface area contributed by atoms with Gasteiger partial charge in [0.05, 0.1) is 5.92 Å². The number of carboxylic acid groups (broad SMARTS) is 1. The third-order valence-corrected chi connectivity index (χ3v) is 3.48. The zero-order valence-electron chi connectivity index (χ0n) is 13.3. The van der Waals surface area contributed by atoms with Crippen LogP contribution < -0.4 is 5.32 Å². The number of aliphatic carboxylic acids is 1. The third kappa shape index (κ3) is 4.47. The lowest BCUT2D eigenvalue weighted by Gasteiger charge is -2.19. The zero-order chi connectivity index (χ0) is 16.2. The molecule has 0 fully saturated rings. The lowest BCUT2D eigenvalue weighted by molar-refractivity contribution is -0.141. The fourth-order valence-corrected chi connectivity index (χ4v) is 1.94. The minimum absolute atomic E-state index is 0.145. The van der Waals surface area contributed by atoms with E-state index in [1.54, 1.807) is 20.0 Å². The van der Waals surface area contributed by atoms with Crippen LogP contribution in [0, 0.1) is 12.8 Å². The Morgan fingerprint density at radius 2 is 2.10 bits per heavy atom. The molecule has 2 atom stereocenters. The van der Waals surface area contributed by atoms with Gasteiger partial charge in [-0.1, -0.05) is 13.8 Å². The van der Waals surface area contributed by atoms with E-state index in [9.17, 15) is 9.59 Å². The van der Waals surface area contributed by atoms with Crippen molar-refractivity contribution < 1.29 is 14.7 Å². The van der Waals surface area contributed by atoms with Crippen LogP contribution in [-0.4, -0.2) is 45.4 Å². The topological polar surface area (TPSA) is 87.5 Å². The lowest BCUT2D eigenvalue weighted by Crippen LogP contribution is -2.36. The Kier molecular flexibility index (Phi) is 5.75. The first kappa shape index (κ1) is 17.0. The molecule has 1 aromatic heterocycles. The van der Waals surface area contributed by atoms with E-state index in [1.165, 1.54) is 4.90 Å². The number of hydrogen-bond acceptors (Lipinski definition) is 3. The summed E-state index contributed by atoms with van der Waals surface area (Å²) in [5.41, 5.74) is 0.973. The Hall–Kier alpha value is -2.05. The Labute approximate surface area is 124 Å². The molecule has 2 N–H and O–H groups in total. The number of hydrogen-bond donors (Lipinski definition) is 2. The molecule has 1 aromatic rings. The maximum Gasteiger partial charge on any atom is 0.322 e. The second kappa shape index (κ2) is 7.10. The quantitative estimate of drug-likeness (QED) is 0.843. The minimum atomic E-state index is -0.924. The molecule has 0 saturated carbocycles. The van der Waals surface area contributed by atoms with Crippen LogP contribution in [0.3, 0.4) is 0 Å². The van der Waals surface area contributed by atoms with Gasteiger partial charge in [0.15, 0.2) is 5.82 Å². The van der Waals surface area contributed by atoms with Gasteiger partial charge in [-0.3, -0.25) is 14.8 Å². The molecule has 0 aliphatic carbocycles. The van der Waals surface area contributed by atoms with Crippen molar-refractivity contribution in [3.8, 4) is 0 Å². The van der Waals surface area contributed by atoms with Crippen LogP contribution in [0.4, 0.5) is 10.6 Å². The van der Waals surface area contributed by atoms with E-state index in [2.05, 4.69) is 24.3 Å². The molecule has 0 bridgehead atoms. The van der Waals surface area contributed by atoms with Crippen LogP contribution in [0.15, 0.2) is 6.07 Å². The highest BCUT2D eigenvalue weighted by molar-refractivity contribution is 5.88. The van der Waals surface area contributed by atoms with E-state index in [1.807, 2.05) is 11.6 Å². The van der Waals surface area contributed by atoms with Crippen molar-refractivity contribution in [3.05, 3.63) is 11.8 Å². The summed E-state index contributed by atoms with van der Waals surface area (Å²) in [6, 6.07) is 1.70. The average molecular weight is 296 g/mol. The van der Waals surface area contributed by atoms with Crippen molar-refractivity contribution in [2.24, 2.45) is 5.92 Å². The lowest BCUT2D eigenvalue weighted by atomic mass is 10.2. The molecular weight excluding hydrogens is 272 g/mol. The van der Waals surface area contributed by atoms with Gasteiger partial charge in [0.2, 0.25) is 0 Å². The average Bonchev–Trinajstić information content (AvgIpc) is 2.78. The Balaban J connectivity index is 2.68. The summed E-state index contributed by atoms with van der Waals surface area (Å²) >= 11 is 0. The van der Waals surface area contributed by atoms with Crippen LogP contribution >= 0.6 is 0 Å². The van der Waals surface area contributed by atoms with Gasteiger partial charge in [-0.05, 0) is 20.3 Å². The van der Waals surface area contributed by atoms with E-state index in [4.69, 9.17) is 5.11 Å². The summed E-state index contributed by atoms with van der Waals surface area (Å²) in [4.78, 5) is 24.1. The normalized spacial score (nSPS) is 13.6. The second-order valence-electron chi connectivity index (χ2n) is 5.42. The molecule has 7 nitrogen and oxygen atoms in total. The van der Waals surface area contributed by atoms with Gasteiger partial charge in [0, 0.05) is 31.4 Å². The minimum Gasteiger partial charge on any atom is -0.481 e. The van der Waals surface area contributed by atoms with E-state index in [-0.39, 0.29) is 18.6 Å². The number of nitrogens with zero attached hydrogens (tertiary/aromatic N) is 3. The van der Waals surface area contributed by atoms with Crippen molar-refractivity contribution >= 4 is 17.8 Å². The fraction of sp³-hybridized carbons (Fsp3) is 0.643. The molecule has 0 saturated heterocycles. The molecule has 118 valence electrons. The van der Waals surface area contributed by atoms with Gasteiger partial charge in [-0.25, -0.2) is 4.79 Å². The third-order valence-electron chi connectivity index (χ3n) is 3.48. The summed E-state index contributed by atoms with van der Waals surface area (Å²) in [6.07, 6.45) is 0.950. The number of aryl methyl sites for hydroxylation is 1. The van der Waals surface area contributed by atoms with Crippen LogP contribution in [0.25, 0.3) is 0 Å². The Morgan fingerprint density at radius 1 is 1.48 bits per heavy atom. The molecule has 1 rings (SSSR count). The first-order chi connectivity index (χ1) is 9.76. The number of carbonyl (C=O) groups is 2. The first-order valence-corrected chi connectivity index (χ1v) is 7.07. The van der Waals surface area contributed by atoms with Gasteiger partial charge in [-0.2, -0.15) is 5.10 Å². The fourth-order valence-electron chi connectivity index (χ4n) is 1.94. The maximum atomic E-state index is 12.0. The van der Waals surface area contributed by atoms with Crippen molar-refractivity contribution in [1.82, 2.24) is 14.7 Å². The number of urea groups is 1. The summed E-state index contributed by atoms with van der Waals surface area (Å²) in [6.45, 7) is 7.78. The van der Waals surface area contributed by atoms with Crippen molar-refractivity contribution in [2.45, 2.75) is 40.2 Å². The van der Waals surface area contributed by atoms with Gasteiger partial charge in [0.25, 0.3) is 0 Å². The zero-order valence-corrected chi connectivity index (χ0v) is 13.3. The monoisotopic (exact) mass is 296 g/mol. The van der Waals surface area contributed by atoms with Gasteiger partial charge in [0.1, 0.15) is 0 Å². The number of carbonyl (C=O) groups excluding carboxylic acids is 1. The van der Waals surface area contributed by atoms with E-state index in [0.717, 1.165) is 12.1 Å². The van der Waals surface area contributed by atoms with Gasteiger partial charge in [-0.15, -0.1) is 0 Å². The molecule has 21 heavy (non-hydrogen) atoms. The van der Waals surface area contributed by atoms with Crippen LogP contribution in [0.2, 0.25) is 0 Å². The van der Waals surface area contributed by atoms with Gasteiger partial charge >= 0.3 is 12.0 Å². The summed E-state index contributed by atoms with van der Waals surface area (Å²) in [5, 5.41) is 15.9. The highest BCUT2D eigenvalue weighted by atomic mass is 16.4. The van der Waals surface area contributed by atoms with Crippen LogP contribution in [-0.2, 0) is 4.79 Å². The summed E-state index contributed by atoms with van der Waals surface area (Å²) < 4.78 is 1.87. The molecule has 0 spiro atoms.